The van der Waals surface area contributed by atoms with Crippen molar-refractivity contribution >= 4 is 15.5 Å². The van der Waals surface area contributed by atoms with E-state index in [1.165, 1.54) is 0 Å². The molecule has 0 aliphatic carbocycles. The Bertz CT molecular complexity index is 620. The number of ether oxygens (including phenoxy) is 1. The Balaban J connectivity index is 2.34. The average Bonchev–Trinajstić information content (AvgIpc) is 2.57. The molecule has 1 saturated heterocycles. The fourth-order valence-corrected chi connectivity index (χ4v) is 4.05. The van der Waals surface area contributed by atoms with Gasteiger partial charge in [-0.05, 0) is 46.2 Å². The van der Waals surface area contributed by atoms with Crippen molar-refractivity contribution in [3.63, 3.8) is 0 Å². The molecule has 21 heavy (non-hydrogen) atoms. The standard InChI is InChI=1S/C16H25NO3S/c1-6-21(18,19)13-10-8-7-9-12(13)17-14-11-15(2,3)20-16(14,4)5/h7-10,14,17H,6,11H2,1-5H3. The van der Waals surface area contributed by atoms with E-state index in [1.807, 2.05) is 26.0 Å². The van der Waals surface area contributed by atoms with Crippen molar-refractivity contribution < 1.29 is 13.2 Å². The third-order valence-corrected chi connectivity index (χ3v) is 5.79. The molecule has 0 radical (unpaired) electrons. The van der Waals surface area contributed by atoms with E-state index >= 15 is 0 Å². The van der Waals surface area contributed by atoms with Gasteiger partial charge < -0.3 is 10.1 Å². The van der Waals surface area contributed by atoms with Crippen LogP contribution >= 0.6 is 0 Å². The molecule has 1 aromatic rings. The van der Waals surface area contributed by atoms with Gasteiger partial charge in [0.1, 0.15) is 0 Å². The first-order valence-electron chi connectivity index (χ1n) is 7.36. The molecule has 0 saturated carbocycles. The fraction of sp³-hybridized carbons (Fsp3) is 0.625. The molecule has 1 atom stereocenters. The van der Waals surface area contributed by atoms with Crippen LogP contribution in [0.5, 0.6) is 0 Å². The number of rotatable bonds is 4. The fourth-order valence-electron chi connectivity index (χ4n) is 2.99. The van der Waals surface area contributed by atoms with Crippen LogP contribution in [0.1, 0.15) is 41.0 Å². The molecule has 1 aliphatic heterocycles. The predicted octanol–water partition coefficient (Wildman–Crippen LogP) is 3.24. The van der Waals surface area contributed by atoms with Crippen molar-refractivity contribution in [1.82, 2.24) is 0 Å². The van der Waals surface area contributed by atoms with E-state index in [9.17, 15) is 8.42 Å². The summed E-state index contributed by atoms with van der Waals surface area (Å²) in [7, 11) is -3.24. The maximum Gasteiger partial charge on any atom is 0.180 e. The van der Waals surface area contributed by atoms with Crippen LogP contribution in [0.2, 0.25) is 0 Å². The second kappa shape index (κ2) is 5.29. The summed E-state index contributed by atoms with van der Waals surface area (Å²) < 4.78 is 30.5. The predicted molar refractivity (Wildman–Crippen MR) is 85.4 cm³/mol. The molecule has 1 fully saturated rings. The van der Waals surface area contributed by atoms with E-state index in [4.69, 9.17) is 4.74 Å². The number of anilines is 1. The SMILES string of the molecule is CCS(=O)(=O)c1ccccc1NC1CC(C)(C)OC1(C)C. The number of benzene rings is 1. The van der Waals surface area contributed by atoms with Gasteiger partial charge in [0.05, 0.1) is 33.6 Å². The summed E-state index contributed by atoms with van der Waals surface area (Å²) in [6, 6.07) is 7.17. The quantitative estimate of drug-likeness (QED) is 0.927. The molecule has 1 heterocycles. The maximum atomic E-state index is 12.2. The smallest absolute Gasteiger partial charge is 0.180 e. The van der Waals surface area contributed by atoms with Crippen LogP contribution in [-0.2, 0) is 14.6 Å². The Kier molecular flexibility index (Phi) is 4.10. The molecule has 1 aliphatic rings. The first-order valence-corrected chi connectivity index (χ1v) is 9.01. The summed E-state index contributed by atoms with van der Waals surface area (Å²) in [5.74, 6) is 0.0990. The lowest BCUT2D eigenvalue weighted by Crippen LogP contribution is -2.38. The van der Waals surface area contributed by atoms with Gasteiger partial charge in [-0.25, -0.2) is 8.42 Å². The van der Waals surface area contributed by atoms with Crippen molar-refractivity contribution in [2.45, 2.75) is 63.2 Å². The van der Waals surface area contributed by atoms with Crippen LogP contribution in [0, 0.1) is 0 Å². The van der Waals surface area contributed by atoms with E-state index in [1.54, 1.807) is 19.1 Å². The zero-order chi connectivity index (χ0) is 15.9. The van der Waals surface area contributed by atoms with E-state index in [0.717, 1.165) is 6.42 Å². The summed E-state index contributed by atoms with van der Waals surface area (Å²) >= 11 is 0. The van der Waals surface area contributed by atoms with Crippen LogP contribution in [0.15, 0.2) is 29.2 Å². The third-order valence-electron chi connectivity index (χ3n) is 4.01. The van der Waals surface area contributed by atoms with Crippen molar-refractivity contribution in [2.75, 3.05) is 11.1 Å². The molecule has 0 amide bonds. The minimum absolute atomic E-state index is 0.0701. The zero-order valence-electron chi connectivity index (χ0n) is 13.4. The summed E-state index contributed by atoms with van der Waals surface area (Å²) in [5.41, 5.74) is 0.116. The zero-order valence-corrected chi connectivity index (χ0v) is 14.3. The Hall–Kier alpha value is -1.07. The Morgan fingerprint density at radius 3 is 2.38 bits per heavy atom. The van der Waals surface area contributed by atoms with Crippen molar-refractivity contribution in [3.05, 3.63) is 24.3 Å². The van der Waals surface area contributed by atoms with E-state index in [2.05, 4.69) is 19.2 Å². The van der Waals surface area contributed by atoms with Gasteiger partial charge in [0.15, 0.2) is 9.84 Å². The Morgan fingerprint density at radius 1 is 1.24 bits per heavy atom. The van der Waals surface area contributed by atoms with Crippen molar-refractivity contribution in [3.8, 4) is 0 Å². The average molecular weight is 311 g/mol. The van der Waals surface area contributed by atoms with Gasteiger partial charge in [-0.2, -0.15) is 0 Å². The lowest BCUT2D eigenvalue weighted by Gasteiger charge is -2.29. The van der Waals surface area contributed by atoms with Gasteiger partial charge in [-0.3, -0.25) is 0 Å². The number of sulfone groups is 1. The normalized spacial score (nSPS) is 24.0. The number of nitrogens with one attached hydrogen (secondary N) is 1. The molecule has 2 rings (SSSR count). The number of hydrogen-bond donors (Lipinski definition) is 1. The van der Waals surface area contributed by atoms with Crippen molar-refractivity contribution in [1.29, 1.82) is 0 Å². The highest BCUT2D eigenvalue weighted by molar-refractivity contribution is 7.91. The topological polar surface area (TPSA) is 55.4 Å². The maximum absolute atomic E-state index is 12.2. The monoisotopic (exact) mass is 311 g/mol. The van der Waals surface area contributed by atoms with Crippen LogP contribution in [0.4, 0.5) is 5.69 Å². The summed E-state index contributed by atoms with van der Waals surface area (Å²) in [6.07, 6.45) is 0.834. The molecule has 0 bridgehead atoms. The molecule has 1 unspecified atom stereocenters. The van der Waals surface area contributed by atoms with Gasteiger partial charge in [0, 0.05) is 0 Å². The largest absolute Gasteiger partial charge is 0.378 e. The van der Waals surface area contributed by atoms with E-state index in [0.29, 0.717) is 10.6 Å². The van der Waals surface area contributed by atoms with Crippen LogP contribution in [0.25, 0.3) is 0 Å². The lowest BCUT2D eigenvalue weighted by molar-refractivity contribution is -0.0662. The molecular formula is C16H25NO3S. The molecule has 0 spiro atoms. The molecule has 0 aromatic heterocycles. The highest BCUT2D eigenvalue weighted by Crippen LogP contribution is 2.39. The van der Waals surface area contributed by atoms with Gasteiger partial charge >= 0.3 is 0 Å². The second-order valence-corrected chi connectivity index (χ2v) is 9.01. The van der Waals surface area contributed by atoms with E-state index in [-0.39, 0.29) is 23.0 Å². The van der Waals surface area contributed by atoms with E-state index < -0.39 is 9.84 Å². The minimum atomic E-state index is -3.24. The van der Waals surface area contributed by atoms with Gasteiger partial charge in [-0.1, -0.05) is 19.1 Å². The van der Waals surface area contributed by atoms with Crippen molar-refractivity contribution in [2.24, 2.45) is 0 Å². The second-order valence-electron chi connectivity index (χ2n) is 6.77. The van der Waals surface area contributed by atoms with Gasteiger partial charge in [0.2, 0.25) is 0 Å². The molecule has 5 heteroatoms. The van der Waals surface area contributed by atoms with Gasteiger partial charge in [-0.15, -0.1) is 0 Å². The Morgan fingerprint density at radius 2 is 1.86 bits per heavy atom. The van der Waals surface area contributed by atoms with Crippen LogP contribution in [-0.4, -0.2) is 31.4 Å². The highest BCUT2D eigenvalue weighted by atomic mass is 32.2. The molecule has 1 aromatic carbocycles. The lowest BCUT2D eigenvalue weighted by atomic mass is 9.94. The molecule has 4 nitrogen and oxygen atoms in total. The number of hydrogen-bond acceptors (Lipinski definition) is 4. The first-order chi connectivity index (χ1) is 9.57. The highest BCUT2D eigenvalue weighted by Gasteiger charge is 2.46. The third kappa shape index (κ3) is 3.40. The van der Waals surface area contributed by atoms with Gasteiger partial charge in [0.25, 0.3) is 0 Å². The summed E-state index contributed by atoms with van der Waals surface area (Å²) in [5, 5.41) is 3.39. The van der Waals surface area contributed by atoms with Crippen LogP contribution < -0.4 is 5.32 Å². The van der Waals surface area contributed by atoms with Crippen LogP contribution in [0.3, 0.4) is 0 Å². The summed E-state index contributed by atoms with van der Waals surface area (Å²) in [6.45, 7) is 9.86. The summed E-state index contributed by atoms with van der Waals surface area (Å²) in [4.78, 5) is 0.369. The number of para-hydroxylation sites is 1. The first kappa shape index (κ1) is 16.3. The molecule has 1 N–H and O–H groups in total. The Labute approximate surface area is 127 Å². The molecule has 118 valence electrons. The molecular weight excluding hydrogens is 286 g/mol. The minimum Gasteiger partial charge on any atom is -0.378 e.